The fourth-order valence-electron chi connectivity index (χ4n) is 2.64. The van der Waals surface area contributed by atoms with E-state index in [1.807, 2.05) is 30.3 Å². The van der Waals surface area contributed by atoms with Crippen LogP contribution < -0.4 is 10.9 Å². The largest absolute Gasteiger partial charge is 0.290 e. The lowest BCUT2D eigenvalue weighted by atomic mass is 10.2. The Bertz CT molecular complexity index is 1190. The van der Waals surface area contributed by atoms with Crippen molar-refractivity contribution in [2.75, 3.05) is 0 Å². The molecule has 138 valence electrons. The molecule has 2 heterocycles. The average Bonchev–Trinajstić information content (AvgIpc) is 3.22. The summed E-state index contributed by atoms with van der Waals surface area (Å²) < 4.78 is 1.52. The fourth-order valence-corrected chi connectivity index (χ4v) is 2.83. The van der Waals surface area contributed by atoms with E-state index in [1.54, 1.807) is 36.5 Å². The Hall–Kier alpha value is -3.71. The van der Waals surface area contributed by atoms with Gasteiger partial charge in [0.15, 0.2) is 5.69 Å². The molecule has 0 atom stereocenters. The van der Waals surface area contributed by atoms with Gasteiger partial charge in [-0.25, -0.2) is 9.67 Å². The Morgan fingerprint density at radius 2 is 1.64 bits per heavy atom. The number of hydrogen-bond donors (Lipinski definition) is 2. The topological polar surface area (TPSA) is 88.9 Å². The lowest BCUT2D eigenvalue weighted by molar-refractivity contribution is 0.0841. The number of fused-ring (bicyclic) bond motifs is 1. The third-order valence-electron chi connectivity index (χ3n) is 4.02. The van der Waals surface area contributed by atoms with Crippen molar-refractivity contribution in [1.82, 2.24) is 25.6 Å². The number of hydrazine groups is 1. The zero-order valence-corrected chi connectivity index (χ0v) is 15.2. The number of para-hydroxylation sites is 1. The third-order valence-corrected chi connectivity index (χ3v) is 4.25. The summed E-state index contributed by atoms with van der Waals surface area (Å²) in [6.45, 7) is 0. The van der Waals surface area contributed by atoms with E-state index in [2.05, 4.69) is 20.9 Å². The molecule has 2 amide bonds. The molecule has 0 spiro atoms. The number of nitrogens with zero attached hydrogens (tertiary/aromatic N) is 3. The second kappa shape index (κ2) is 7.50. The van der Waals surface area contributed by atoms with Crippen LogP contribution in [0.2, 0.25) is 5.02 Å². The maximum absolute atomic E-state index is 12.3. The average molecular weight is 392 g/mol. The highest BCUT2D eigenvalue weighted by Crippen LogP contribution is 2.14. The van der Waals surface area contributed by atoms with Crippen molar-refractivity contribution in [3.05, 3.63) is 89.3 Å². The minimum absolute atomic E-state index is 0.145. The number of carbonyl (C=O) groups is 2. The van der Waals surface area contributed by atoms with Gasteiger partial charge in [0, 0.05) is 16.6 Å². The van der Waals surface area contributed by atoms with Crippen molar-refractivity contribution in [1.29, 1.82) is 0 Å². The van der Waals surface area contributed by atoms with E-state index in [0.717, 1.165) is 11.1 Å². The molecule has 0 saturated heterocycles. The molecule has 0 radical (unpaired) electrons. The van der Waals surface area contributed by atoms with Gasteiger partial charge in [-0.3, -0.25) is 20.4 Å². The molecule has 0 aliphatic rings. The highest BCUT2D eigenvalue weighted by atomic mass is 35.5. The Balaban J connectivity index is 1.43. The number of amides is 2. The Morgan fingerprint density at radius 1 is 0.857 bits per heavy atom. The molecule has 0 saturated carbocycles. The molecular formula is C20H14ClN5O2. The Labute approximate surface area is 164 Å². The van der Waals surface area contributed by atoms with Crippen molar-refractivity contribution in [3.63, 3.8) is 0 Å². The monoisotopic (exact) mass is 391 g/mol. The van der Waals surface area contributed by atoms with E-state index in [1.165, 1.54) is 10.7 Å². The van der Waals surface area contributed by atoms with Crippen molar-refractivity contribution < 1.29 is 9.59 Å². The van der Waals surface area contributed by atoms with Crippen LogP contribution in [0, 0.1) is 0 Å². The summed E-state index contributed by atoms with van der Waals surface area (Å²) in [5.74, 6) is -1.07. The first-order valence-corrected chi connectivity index (χ1v) is 8.76. The van der Waals surface area contributed by atoms with E-state index in [9.17, 15) is 9.59 Å². The van der Waals surface area contributed by atoms with Crippen LogP contribution in [0.25, 0.3) is 16.6 Å². The summed E-state index contributed by atoms with van der Waals surface area (Å²) in [7, 11) is 0. The molecule has 0 aliphatic heterocycles. The molecule has 28 heavy (non-hydrogen) atoms. The molecular weight excluding hydrogens is 378 g/mol. The van der Waals surface area contributed by atoms with Crippen LogP contribution in [-0.2, 0) is 0 Å². The SMILES string of the molecule is O=C(NNC(=O)c1ccn(-c2cccc(Cl)c2)n1)c1ccc2ccccc2n1. The molecule has 2 aromatic carbocycles. The van der Waals surface area contributed by atoms with Gasteiger partial charge in [0.1, 0.15) is 5.69 Å². The van der Waals surface area contributed by atoms with Crippen LogP contribution >= 0.6 is 11.6 Å². The Kier molecular flexibility index (Phi) is 4.74. The minimum atomic E-state index is -0.546. The highest BCUT2D eigenvalue weighted by molar-refractivity contribution is 6.30. The van der Waals surface area contributed by atoms with Gasteiger partial charge < -0.3 is 0 Å². The van der Waals surface area contributed by atoms with Crippen LogP contribution in [0.5, 0.6) is 0 Å². The summed E-state index contributed by atoms with van der Waals surface area (Å²) in [4.78, 5) is 28.8. The minimum Gasteiger partial charge on any atom is -0.266 e. The van der Waals surface area contributed by atoms with Crippen LogP contribution in [0.1, 0.15) is 21.0 Å². The molecule has 8 heteroatoms. The maximum atomic E-state index is 12.3. The van der Waals surface area contributed by atoms with E-state index in [0.29, 0.717) is 10.5 Å². The first-order chi connectivity index (χ1) is 13.6. The number of rotatable bonds is 3. The van der Waals surface area contributed by atoms with Crippen LogP contribution in [0.15, 0.2) is 72.9 Å². The van der Waals surface area contributed by atoms with Gasteiger partial charge >= 0.3 is 0 Å². The lowest BCUT2D eigenvalue weighted by Gasteiger charge is -2.06. The van der Waals surface area contributed by atoms with Gasteiger partial charge in [-0.2, -0.15) is 5.10 Å². The molecule has 0 fully saturated rings. The fraction of sp³-hybridized carbons (Fsp3) is 0. The number of aromatic nitrogens is 3. The number of nitrogens with one attached hydrogen (secondary N) is 2. The smallest absolute Gasteiger partial charge is 0.266 e. The van der Waals surface area contributed by atoms with Gasteiger partial charge in [-0.05, 0) is 36.4 Å². The molecule has 2 N–H and O–H groups in total. The number of benzene rings is 2. The standard InChI is InChI=1S/C20H14ClN5O2/c21-14-5-3-6-15(12-14)26-11-10-18(25-26)20(28)24-23-19(27)17-9-8-13-4-1-2-7-16(13)22-17/h1-12H,(H,23,27)(H,24,28). The second-order valence-electron chi connectivity index (χ2n) is 5.92. The van der Waals surface area contributed by atoms with Crippen LogP contribution in [-0.4, -0.2) is 26.6 Å². The van der Waals surface area contributed by atoms with E-state index < -0.39 is 11.8 Å². The molecule has 4 rings (SSSR count). The summed E-state index contributed by atoms with van der Waals surface area (Å²) in [6, 6.07) is 19.5. The molecule has 0 aliphatic carbocycles. The maximum Gasteiger partial charge on any atom is 0.290 e. The molecule has 0 unspecified atom stereocenters. The predicted molar refractivity (Wildman–Crippen MR) is 105 cm³/mol. The van der Waals surface area contributed by atoms with Crippen molar-refractivity contribution in [2.45, 2.75) is 0 Å². The quantitative estimate of drug-likeness (QED) is 0.525. The van der Waals surface area contributed by atoms with Crippen molar-refractivity contribution in [3.8, 4) is 5.69 Å². The number of carbonyl (C=O) groups excluding carboxylic acids is 2. The summed E-state index contributed by atoms with van der Waals surface area (Å²) in [5, 5.41) is 5.68. The first kappa shape index (κ1) is 17.7. The molecule has 7 nitrogen and oxygen atoms in total. The number of halogens is 1. The van der Waals surface area contributed by atoms with E-state index in [-0.39, 0.29) is 11.4 Å². The highest BCUT2D eigenvalue weighted by Gasteiger charge is 2.13. The van der Waals surface area contributed by atoms with Crippen LogP contribution in [0.4, 0.5) is 0 Å². The van der Waals surface area contributed by atoms with Gasteiger partial charge in [-0.15, -0.1) is 0 Å². The zero-order valence-electron chi connectivity index (χ0n) is 14.5. The second-order valence-corrected chi connectivity index (χ2v) is 6.36. The Morgan fingerprint density at radius 3 is 2.46 bits per heavy atom. The first-order valence-electron chi connectivity index (χ1n) is 8.38. The van der Waals surface area contributed by atoms with Gasteiger partial charge in [0.25, 0.3) is 11.8 Å². The van der Waals surface area contributed by atoms with Gasteiger partial charge in [-0.1, -0.05) is 41.9 Å². The van der Waals surface area contributed by atoms with E-state index in [4.69, 9.17) is 11.6 Å². The van der Waals surface area contributed by atoms with Gasteiger partial charge in [0.05, 0.1) is 11.2 Å². The lowest BCUT2D eigenvalue weighted by Crippen LogP contribution is -2.42. The number of hydrogen-bond acceptors (Lipinski definition) is 4. The van der Waals surface area contributed by atoms with Gasteiger partial charge in [0.2, 0.25) is 0 Å². The zero-order chi connectivity index (χ0) is 19.5. The molecule has 2 aromatic heterocycles. The van der Waals surface area contributed by atoms with Crippen LogP contribution in [0.3, 0.4) is 0 Å². The molecule has 4 aromatic rings. The predicted octanol–water partition coefficient (Wildman–Crippen LogP) is 3.15. The van der Waals surface area contributed by atoms with Crippen molar-refractivity contribution in [2.24, 2.45) is 0 Å². The summed E-state index contributed by atoms with van der Waals surface area (Å²) in [6.07, 6.45) is 1.63. The summed E-state index contributed by atoms with van der Waals surface area (Å²) >= 11 is 5.97. The van der Waals surface area contributed by atoms with Crippen molar-refractivity contribution >= 4 is 34.3 Å². The molecule has 0 bridgehead atoms. The normalized spacial score (nSPS) is 10.6. The van der Waals surface area contributed by atoms with E-state index >= 15 is 0 Å². The third kappa shape index (κ3) is 3.70. The summed E-state index contributed by atoms with van der Waals surface area (Å²) in [5.41, 5.74) is 6.45. The number of pyridine rings is 1.